The second-order valence-corrected chi connectivity index (χ2v) is 3.22. The second-order valence-electron chi connectivity index (χ2n) is 3.22. The number of carbonyl (C=O) groups is 1. The minimum absolute atomic E-state index is 0.00984. The summed E-state index contributed by atoms with van der Waals surface area (Å²) in [7, 11) is 0. The molecule has 0 radical (unpaired) electrons. The Morgan fingerprint density at radius 3 is 2.75 bits per heavy atom. The summed E-state index contributed by atoms with van der Waals surface area (Å²) in [6.07, 6.45) is 0. The van der Waals surface area contributed by atoms with Gasteiger partial charge in [-0.25, -0.2) is 0 Å². The Hall–Kier alpha value is -2.38. The van der Waals surface area contributed by atoms with E-state index in [1.54, 1.807) is 13.8 Å². The van der Waals surface area contributed by atoms with Gasteiger partial charge >= 0.3 is 0 Å². The zero-order chi connectivity index (χ0) is 11.7. The first-order valence-electron chi connectivity index (χ1n) is 4.50. The predicted octanol–water partition coefficient (Wildman–Crippen LogP) is 0.244. The Bertz CT molecular complexity index is 528. The van der Waals surface area contributed by atoms with Gasteiger partial charge in [0.2, 0.25) is 17.7 Å². The molecule has 0 spiro atoms. The number of nitrogens with one attached hydrogen (secondary N) is 2. The number of aromatic nitrogens is 4. The molecule has 0 bridgehead atoms. The van der Waals surface area contributed by atoms with Crippen LogP contribution in [0.5, 0.6) is 0 Å². The van der Waals surface area contributed by atoms with E-state index in [4.69, 9.17) is 10.3 Å². The van der Waals surface area contributed by atoms with Crippen molar-refractivity contribution in [3.8, 4) is 0 Å². The van der Waals surface area contributed by atoms with Gasteiger partial charge in [-0.2, -0.15) is 4.98 Å². The van der Waals surface area contributed by atoms with Crippen molar-refractivity contribution in [1.29, 1.82) is 0 Å². The number of H-pyrrole nitrogens is 1. The summed E-state index contributed by atoms with van der Waals surface area (Å²) in [6.45, 7) is 3.57. The number of aromatic amines is 1. The smallest absolute Gasteiger partial charge is 0.295 e. The van der Waals surface area contributed by atoms with Gasteiger partial charge in [-0.15, -0.1) is 5.10 Å². The second kappa shape index (κ2) is 3.65. The summed E-state index contributed by atoms with van der Waals surface area (Å²) in [5.41, 5.74) is 6.75. The Balaban J connectivity index is 2.17. The maximum absolute atomic E-state index is 11.6. The molecule has 2 rings (SSSR count). The molecular weight excluding hydrogens is 212 g/mol. The Morgan fingerprint density at radius 1 is 1.50 bits per heavy atom. The summed E-state index contributed by atoms with van der Waals surface area (Å²) in [5.74, 6) is -0.164. The fourth-order valence-corrected chi connectivity index (χ4v) is 1.07. The molecular formula is C8H10N6O2. The van der Waals surface area contributed by atoms with E-state index in [-0.39, 0.29) is 17.7 Å². The SMILES string of the molecule is Cc1noc(NC(=O)c2nc(N)n[nH]2)c1C. The van der Waals surface area contributed by atoms with E-state index in [9.17, 15) is 4.79 Å². The number of nitrogens with zero attached hydrogens (tertiary/aromatic N) is 3. The van der Waals surface area contributed by atoms with Crippen molar-refractivity contribution < 1.29 is 9.32 Å². The highest BCUT2D eigenvalue weighted by atomic mass is 16.5. The van der Waals surface area contributed by atoms with E-state index >= 15 is 0 Å². The number of anilines is 2. The van der Waals surface area contributed by atoms with Crippen LogP contribution in [0.2, 0.25) is 0 Å². The van der Waals surface area contributed by atoms with Gasteiger partial charge in [0.05, 0.1) is 5.69 Å². The highest BCUT2D eigenvalue weighted by molar-refractivity contribution is 6.01. The number of hydrogen-bond donors (Lipinski definition) is 3. The van der Waals surface area contributed by atoms with Crippen LogP contribution in [0, 0.1) is 13.8 Å². The maximum atomic E-state index is 11.6. The average Bonchev–Trinajstić information content (AvgIpc) is 2.79. The third-order valence-electron chi connectivity index (χ3n) is 2.10. The van der Waals surface area contributed by atoms with E-state index in [2.05, 4.69) is 25.7 Å². The lowest BCUT2D eigenvalue weighted by Gasteiger charge is -1.97. The molecule has 4 N–H and O–H groups in total. The fraction of sp³-hybridized carbons (Fsp3) is 0.250. The van der Waals surface area contributed by atoms with Crippen molar-refractivity contribution >= 4 is 17.7 Å². The van der Waals surface area contributed by atoms with Crippen LogP contribution in [-0.4, -0.2) is 26.2 Å². The van der Waals surface area contributed by atoms with Crippen molar-refractivity contribution in [1.82, 2.24) is 20.3 Å². The molecule has 0 aromatic carbocycles. The quantitative estimate of drug-likeness (QED) is 0.669. The molecule has 0 aliphatic heterocycles. The monoisotopic (exact) mass is 222 g/mol. The van der Waals surface area contributed by atoms with Crippen LogP contribution in [0.4, 0.5) is 11.8 Å². The summed E-state index contributed by atoms with van der Waals surface area (Å²) >= 11 is 0. The molecule has 0 aliphatic rings. The molecule has 0 fully saturated rings. The van der Waals surface area contributed by atoms with Gasteiger partial charge in [0, 0.05) is 5.56 Å². The molecule has 2 aromatic rings. The molecule has 16 heavy (non-hydrogen) atoms. The molecule has 0 saturated carbocycles. The number of nitrogens with two attached hydrogens (primary N) is 1. The van der Waals surface area contributed by atoms with Crippen molar-refractivity contribution in [2.75, 3.05) is 11.1 Å². The number of hydrogen-bond acceptors (Lipinski definition) is 6. The van der Waals surface area contributed by atoms with Gasteiger partial charge in [-0.05, 0) is 13.8 Å². The van der Waals surface area contributed by atoms with E-state index in [1.165, 1.54) is 0 Å². The van der Waals surface area contributed by atoms with Crippen LogP contribution in [0.15, 0.2) is 4.52 Å². The third kappa shape index (κ3) is 1.72. The highest BCUT2D eigenvalue weighted by Crippen LogP contribution is 2.17. The lowest BCUT2D eigenvalue weighted by Crippen LogP contribution is -2.14. The molecule has 0 unspecified atom stereocenters. The average molecular weight is 222 g/mol. The van der Waals surface area contributed by atoms with E-state index in [0.717, 1.165) is 5.56 Å². The van der Waals surface area contributed by atoms with E-state index in [1.807, 2.05) is 0 Å². The number of rotatable bonds is 2. The molecule has 2 aromatic heterocycles. The molecule has 8 nitrogen and oxygen atoms in total. The normalized spacial score (nSPS) is 10.4. The van der Waals surface area contributed by atoms with Gasteiger partial charge < -0.3 is 10.3 Å². The minimum Gasteiger partial charge on any atom is -0.366 e. The molecule has 2 heterocycles. The summed E-state index contributed by atoms with van der Waals surface area (Å²) < 4.78 is 4.92. The van der Waals surface area contributed by atoms with Crippen molar-refractivity contribution in [2.45, 2.75) is 13.8 Å². The fourth-order valence-electron chi connectivity index (χ4n) is 1.07. The maximum Gasteiger partial charge on any atom is 0.295 e. The van der Waals surface area contributed by atoms with Crippen LogP contribution in [0.25, 0.3) is 0 Å². The standard InChI is InChI=1S/C8H10N6O2/c1-3-4(2)14-16-7(3)11-6(15)5-10-8(9)13-12-5/h1-2H3,(H,11,15)(H3,9,10,12,13). The molecule has 8 heteroatoms. The lowest BCUT2D eigenvalue weighted by atomic mass is 10.3. The number of aryl methyl sites for hydroxylation is 1. The van der Waals surface area contributed by atoms with E-state index < -0.39 is 5.91 Å². The van der Waals surface area contributed by atoms with Gasteiger partial charge in [0.25, 0.3) is 5.91 Å². The first-order chi connectivity index (χ1) is 7.58. The largest absolute Gasteiger partial charge is 0.366 e. The van der Waals surface area contributed by atoms with Gasteiger partial charge in [-0.1, -0.05) is 5.16 Å². The zero-order valence-corrected chi connectivity index (χ0v) is 8.74. The molecule has 0 atom stereocenters. The first-order valence-corrected chi connectivity index (χ1v) is 4.50. The first kappa shape index (κ1) is 10.1. The number of carbonyl (C=O) groups excluding carboxylic acids is 1. The van der Waals surface area contributed by atoms with E-state index in [0.29, 0.717) is 5.69 Å². The minimum atomic E-state index is -0.483. The number of nitrogen functional groups attached to an aromatic ring is 1. The van der Waals surface area contributed by atoms with Crippen molar-refractivity contribution in [2.24, 2.45) is 0 Å². The Kier molecular flexibility index (Phi) is 2.31. The summed E-state index contributed by atoms with van der Waals surface area (Å²) in [5, 5.41) is 12.1. The van der Waals surface area contributed by atoms with Crippen LogP contribution in [0.3, 0.4) is 0 Å². The van der Waals surface area contributed by atoms with Crippen LogP contribution >= 0.6 is 0 Å². The van der Waals surface area contributed by atoms with Gasteiger partial charge in [-0.3, -0.25) is 15.2 Å². The lowest BCUT2D eigenvalue weighted by molar-refractivity contribution is 0.101. The molecule has 0 aliphatic carbocycles. The molecule has 84 valence electrons. The zero-order valence-electron chi connectivity index (χ0n) is 8.74. The van der Waals surface area contributed by atoms with Crippen LogP contribution in [0.1, 0.15) is 21.9 Å². The summed E-state index contributed by atoms with van der Waals surface area (Å²) in [6, 6.07) is 0. The number of amides is 1. The molecule has 0 saturated heterocycles. The third-order valence-corrected chi connectivity index (χ3v) is 2.10. The highest BCUT2D eigenvalue weighted by Gasteiger charge is 2.15. The molecule has 1 amide bonds. The van der Waals surface area contributed by atoms with Gasteiger partial charge in [0.15, 0.2) is 0 Å². The topological polar surface area (TPSA) is 123 Å². The summed E-state index contributed by atoms with van der Waals surface area (Å²) in [4.78, 5) is 15.3. The van der Waals surface area contributed by atoms with Gasteiger partial charge in [0.1, 0.15) is 0 Å². The Labute approximate surface area is 90.2 Å². The Morgan fingerprint density at radius 2 is 2.25 bits per heavy atom. The van der Waals surface area contributed by atoms with Crippen LogP contribution < -0.4 is 11.1 Å². The predicted molar refractivity (Wildman–Crippen MR) is 54.7 cm³/mol. The van der Waals surface area contributed by atoms with Crippen molar-refractivity contribution in [3.63, 3.8) is 0 Å². The van der Waals surface area contributed by atoms with Crippen LogP contribution in [-0.2, 0) is 0 Å². The van der Waals surface area contributed by atoms with Crippen molar-refractivity contribution in [3.05, 3.63) is 17.1 Å².